The summed E-state index contributed by atoms with van der Waals surface area (Å²) in [4.78, 5) is 8.93. The van der Waals surface area contributed by atoms with E-state index >= 15 is 0 Å². The van der Waals surface area contributed by atoms with Gasteiger partial charge in [-0.25, -0.2) is 0 Å². The predicted molar refractivity (Wildman–Crippen MR) is 113 cm³/mol. The summed E-state index contributed by atoms with van der Waals surface area (Å²) in [6.07, 6.45) is 3.52. The first kappa shape index (κ1) is 17.5. The van der Waals surface area contributed by atoms with Crippen molar-refractivity contribution in [2.45, 2.75) is 0 Å². The van der Waals surface area contributed by atoms with Crippen molar-refractivity contribution in [3.05, 3.63) is 132 Å². The van der Waals surface area contributed by atoms with Crippen molar-refractivity contribution in [1.82, 2.24) is 9.97 Å². The fourth-order valence-electron chi connectivity index (χ4n) is 2.81. The maximum absolute atomic E-state index is 4.62. The molecule has 4 heteroatoms. The first-order valence-corrected chi connectivity index (χ1v) is 9.01. The Morgan fingerprint density at radius 2 is 0.857 bits per heavy atom. The van der Waals surface area contributed by atoms with Crippen molar-refractivity contribution in [1.29, 1.82) is 0 Å². The first-order valence-electron chi connectivity index (χ1n) is 9.01. The Hall–Kier alpha value is -3.92. The van der Waals surface area contributed by atoms with Gasteiger partial charge in [-0.3, -0.25) is 9.97 Å². The third-order valence-electron chi connectivity index (χ3n) is 4.16. The van der Waals surface area contributed by atoms with Crippen LogP contribution < -0.4 is 0 Å². The van der Waals surface area contributed by atoms with E-state index in [0.29, 0.717) is 11.4 Å². The summed E-state index contributed by atoms with van der Waals surface area (Å²) >= 11 is 0. The quantitative estimate of drug-likeness (QED) is 0.379. The molecular weight excluding hydrogens is 344 g/mol. The lowest BCUT2D eigenvalue weighted by molar-refractivity contribution is 1.18. The summed E-state index contributed by atoms with van der Waals surface area (Å²) in [6, 6.07) is 31.4. The Morgan fingerprint density at radius 3 is 1.21 bits per heavy atom. The molecule has 0 N–H and O–H groups in total. The van der Waals surface area contributed by atoms with Crippen LogP contribution in [0.25, 0.3) is 0 Å². The number of aromatic nitrogens is 2. The van der Waals surface area contributed by atoms with E-state index in [1.165, 1.54) is 0 Å². The molecule has 0 spiro atoms. The number of rotatable bonds is 5. The van der Waals surface area contributed by atoms with E-state index < -0.39 is 0 Å². The van der Waals surface area contributed by atoms with Crippen LogP contribution in [0.5, 0.6) is 0 Å². The Bertz CT molecular complexity index is 901. The number of nitrogens with zero attached hydrogens (tertiary/aromatic N) is 4. The molecule has 0 aliphatic rings. The summed E-state index contributed by atoms with van der Waals surface area (Å²) < 4.78 is 0. The van der Waals surface area contributed by atoms with Crippen LogP contribution in [-0.2, 0) is 0 Å². The average Bonchev–Trinajstić information content (AvgIpc) is 2.79. The molecule has 0 saturated heterocycles. The third kappa shape index (κ3) is 4.07. The van der Waals surface area contributed by atoms with E-state index in [9.17, 15) is 0 Å². The van der Waals surface area contributed by atoms with Gasteiger partial charge in [0.25, 0.3) is 0 Å². The standard InChI is InChI=1S/C24H18N4/c1-3-11-19(12-4-1)23(21-15-7-9-17-25-21)27-28-24(20-13-5-2-6-14-20)22-16-8-10-18-26-22/h1-18H/b27-23-,28-24-. The van der Waals surface area contributed by atoms with Crippen LogP contribution in [0.4, 0.5) is 0 Å². The van der Waals surface area contributed by atoms with Gasteiger partial charge in [0.1, 0.15) is 11.4 Å². The molecule has 4 nitrogen and oxygen atoms in total. The van der Waals surface area contributed by atoms with Crippen LogP contribution in [0.1, 0.15) is 22.5 Å². The molecule has 2 aromatic heterocycles. The van der Waals surface area contributed by atoms with Crippen LogP contribution in [0.2, 0.25) is 0 Å². The van der Waals surface area contributed by atoms with Crippen molar-refractivity contribution < 1.29 is 0 Å². The molecule has 0 atom stereocenters. The van der Waals surface area contributed by atoms with Gasteiger partial charge in [0.15, 0.2) is 0 Å². The third-order valence-corrected chi connectivity index (χ3v) is 4.16. The zero-order valence-corrected chi connectivity index (χ0v) is 15.2. The molecule has 0 unspecified atom stereocenters. The molecule has 0 saturated carbocycles. The second-order valence-electron chi connectivity index (χ2n) is 6.06. The maximum Gasteiger partial charge on any atom is 0.118 e. The van der Waals surface area contributed by atoms with Gasteiger partial charge in [-0.2, -0.15) is 0 Å². The van der Waals surface area contributed by atoms with E-state index in [4.69, 9.17) is 0 Å². The van der Waals surface area contributed by atoms with E-state index in [1.807, 2.05) is 97.1 Å². The van der Waals surface area contributed by atoms with Crippen LogP contribution in [-0.4, -0.2) is 21.4 Å². The van der Waals surface area contributed by atoms with E-state index in [1.54, 1.807) is 12.4 Å². The van der Waals surface area contributed by atoms with Crippen molar-refractivity contribution in [2.75, 3.05) is 0 Å². The van der Waals surface area contributed by atoms with Crippen LogP contribution >= 0.6 is 0 Å². The highest BCUT2D eigenvalue weighted by Crippen LogP contribution is 2.12. The molecule has 2 aromatic carbocycles. The zero-order chi connectivity index (χ0) is 19.0. The Kier molecular flexibility index (Phi) is 5.40. The lowest BCUT2D eigenvalue weighted by Gasteiger charge is -2.07. The molecule has 0 bridgehead atoms. The highest BCUT2D eigenvalue weighted by molar-refractivity contribution is 6.14. The van der Waals surface area contributed by atoms with Crippen molar-refractivity contribution in [3.63, 3.8) is 0 Å². The molecule has 4 aromatic rings. The largest absolute Gasteiger partial charge is 0.255 e. The summed E-state index contributed by atoms with van der Waals surface area (Å²) in [6.45, 7) is 0. The van der Waals surface area contributed by atoms with E-state index in [0.717, 1.165) is 22.5 Å². The predicted octanol–water partition coefficient (Wildman–Crippen LogP) is 4.77. The zero-order valence-electron chi connectivity index (χ0n) is 15.2. The Balaban J connectivity index is 1.87. The Labute approximate surface area is 164 Å². The van der Waals surface area contributed by atoms with Crippen LogP contribution in [0, 0.1) is 0 Å². The normalized spacial score (nSPS) is 12.0. The lowest BCUT2D eigenvalue weighted by atomic mass is 10.1. The minimum absolute atomic E-state index is 0.713. The highest BCUT2D eigenvalue weighted by Gasteiger charge is 2.11. The number of hydrogen-bond donors (Lipinski definition) is 0. The van der Waals surface area contributed by atoms with Crippen molar-refractivity contribution in [3.8, 4) is 0 Å². The minimum atomic E-state index is 0.713. The van der Waals surface area contributed by atoms with E-state index in [-0.39, 0.29) is 0 Å². The molecule has 134 valence electrons. The topological polar surface area (TPSA) is 50.5 Å². The maximum atomic E-state index is 4.62. The fraction of sp³-hybridized carbons (Fsp3) is 0. The second kappa shape index (κ2) is 8.64. The second-order valence-corrected chi connectivity index (χ2v) is 6.06. The van der Waals surface area contributed by atoms with Gasteiger partial charge in [-0.15, -0.1) is 10.2 Å². The molecule has 2 heterocycles. The molecule has 28 heavy (non-hydrogen) atoms. The van der Waals surface area contributed by atoms with Gasteiger partial charge in [0, 0.05) is 23.5 Å². The van der Waals surface area contributed by atoms with Gasteiger partial charge in [-0.05, 0) is 24.3 Å². The molecule has 0 radical (unpaired) electrons. The summed E-state index contributed by atoms with van der Waals surface area (Å²) in [5.41, 5.74) is 4.88. The average molecular weight is 362 g/mol. The number of pyridine rings is 2. The molecule has 4 rings (SSSR count). The monoisotopic (exact) mass is 362 g/mol. The fourth-order valence-corrected chi connectivity index (χ4v) is 2.81. The SMILES string of the molecule is c1ccc(/C(=N/N=C(/c2ccccc2)c2ccccn2)c2ccccn2)cc1. The minimum Gasteiger partial charge on any atom is -0.255 e. The van der Waals surface area contributed by atoms with Gasteiger partial charge < -0.3 is 0 Å². The summed E-state index contributed by atoms with van der Waals surface area (Å²) in [5.74, 6) is 0. The Morgan fingerprint density at radius 1 is 0.464 bits per heavy atom. The molecule has 0 amide bonds. The van der Waals surface area contributed by atoms with Gasteiger partial charge in [-0.1, -0.05) is 72.8 Å². The van der Waals surface area contributed by atoms with Gasteiger partial charge >= 0.3 is 0 Å². The van der Waals surface area contributed by atoms with Crippen molar-refractivity contribution >= 4 is 11.4 Å². The summed E-state index contributed by atoms with van der Waals surface area (Å²) in [5, 5.41) is 9.24. The van der Waals surface area contributed by atoms with Crippen molar-refractivity contribution in [2.24, 2.45) is 10.2 Å². The first-order chi connectivity index (χ1) is 13.9. The summed E-state index contributed by atoms with van der Waals surface area (Å²) in [7, 11) is 0. The number of benzene rings is 2. The van der Waals surface area contributed by atoms with E-state index in [2.05, 4.69) is 20.2 Å². The molecule has 0 aliphatic carbocycles. The van der Waals surface area contributed by atoms with Crippen LogP contribution in [0.3, 0.4) is 0 Å². The molecule has 0 aliphatic heterocycles. The molecular formula is C24H18N4. The number of hydrogen-bond acceptors (Lipinski definition) is 4. The molecule has 0 fully saturated rings. The van der Waals surface area contributed by atoms with Gasteiger partial charge in [0.2, 0.25) is 0 Å². The van der Waals surface area contributed by atoms with Gasteiger partial charge in [0.05, 0.1) is 11.4 Å². The van der Waals surface area contributed by atoms with Crippen LogP contribution in [0.15, 0.2) is 120 Å². The smallest absolute Gasteiger partial charge is 0.118 e. The lowest BCUT2D eigenvalue weighted by Crippen LogP contribution is -2.08. The highest BCUT2D eigenvalue weighted by atomic mass is 15.2.